The Bertz CT molecular complexity index is 424. The van der Waals surface area contributed by atoms with Crippen LogP contribution in [0.2, 0.25) is 0 Å². The molecule has 0 bridgehead atoms. The lowest BCUT2D eigenvalue weighted by Gasteiger charge is -2.26. The molecule has 0 spiro atoms. The highest BCUT2D eigenvalue weighted by Gasteiger charge is 2.30. The van der Waals surface area contributed by atoms with Crippen molar-refractivity contribution in [2.45, 2.75) is 19.8 Å². The van der Waals surface area contributed by atoms with Crippen LogP contribution in [-0.2, 0) is 6.42 Å². The molecular formula is C8H16N4OP4. The molecule has 0 aromatic carbocycles. The third-order valence-electron chi connectivity index (χ3n) is 2.66. The van der Waals surface area contributed by atoms with Crippen LogP contribution >= 0.6 is 33.3 Å². The number of aromatic nitrogens is 3. The fraction of sp³-hybridized carbons (Fsp3) is 0.625. The van der Waals surface area contributed by atoms with E-state index in [1.54, 1.807) is 0 Å². The molecule has 2 rings (SSSR count). The monoisotopic (exact) mass is 308 g/mol. The number of nitrogens with zero attached hydrogens (tertiary/aromatic N) is 4. The van der Waals surface area contributed by atoms with E-state index in [0.29, 0.717) is 13.7 Å². The Morgan fingerprint density at radius 2 is 2.35 bits per heavy atom. The quantitative estimate of drug-likeness (QED) is 0.801. The number of fused-ring (bicyclic) bond motifs is 1. The molecule has 1 aromatic rings. The van der Waals surface area contributed by atoms with Crippen molar-refractivity contribution in [3.63, 3.8) is 0 Å². The van der Waals surface area contributed by atoms with Crippen LogP contribution in [0.1, 0.15) is 29.5 Å². The maximum atomic E-state index is 12.3. The van der Waals surface area contributed by atoms with E-state index in [9.17, 15) is 4.79 Å². The van der Waals surface area contributed by atoms with Gasteiger partial charge < -0.3 is 4.90 Å². The van der Waals surface area contributed by atoms with Crippen molar-refractivity contribution in [1.82, 2.24) is 19.7 Å². The summed E-state index contributed by atoms with van der Waals surface area (Å²) in [5, 5.41) is 8.27. The van der Waals surface area contributed by atoms with Crippen molar-refractivity contribution in [2.24, 2.45) is 0 Å². The zero-order valence-corrected chi connectivity index (χ0v) is 13.8. The Morgan fingerprint density at radius 3 is 3.00 bits per heavy atom. The number of carbonyl (C=O) groups excluding carboxylic acids is 1. The molecule has 0 N–H and O–H groups in total. The molecule has 4 unspecified atom stereocenters. The normalized spacial score (nSPS) is 17.8. The Labute approximate surface area is 108 Å². The van der Waals surface area contributed by atoms with Gasteiger partial charge in [-0.3, -0.25) is 4.79 Å². The fourth-order valence-corrected chi connectivity index (χ4v) is 4.73. The minimum absolute atomic E-state index is 0.0938. The van der Waals surface area contributed by atoms with Gasteiger partial charge in [0.2, 0.25) is 0 Å². The molecule has 1 amide bonds. The second kappa shape index (κ2) is 5.98. The molecule has 2 heterocycles. The van der Waals surface area contributed by atoms with Crippen LogP contribution in [0.4, 0.5) is 0 Å². The predicted octanol–water partition coefficient (Wildman–Crippen LogP) is 2.11. The summed E-state index contributed by atoms with van der Waals surface area (Å²) in [5.74, 6) is 0.0938. The zero-order chi connectivity index (χ0) is 12.4. The van der Waals surface area contributed by atoms with E-state index in [1.165, 1.54) is 0 Å². The topological polar surface area (TPSA) is 51.0 Å². The number of hydrogen-bond acceptors (Lipinski definition) is 3. The molecule has 0 fully saturated rings. The average Bonchev–Trinajstić information content (AvgIpc) is 2.76. The van der Waals surface area contributed by atoms with Crippen LogP contribution in [0, 0.1) is 0 Å². The van der Waals surface area contributed by atoms with Crippen LogP contribution < -0.4 is 0 Å². The van der Waals surface area contributed by atoms with Gasteiger partial charge in [0.05, 0.1) is 13.1 Å². The van der Waals surface area contributed by atoms with Crippen molar-refractivity contribution >= 4 is 39.2 Å². The van der Waals surface area contributed by atoms with Gasteiger partial charge in [-0.05, 0) is 14.4 Å². The largest absolute Gasteiger partial charge is 0.337 e. The maximum Gasteiger partial charge on any atom is 0.274 e. The number of carbonyl (C=O) groups is 1. The molecule has 4 atom stereocenters. The molecule has 0 aliphatic carbocycles. The van der Waals surface area contributed by atoms with Crippen LogP contribution in [0.15, 0.2) is 0 Å². The summed E-state index contributed by atoms with van der Waals surface area (Å²) >= 11 is 0. The van der Waals surface area contributed by atoms with Gasteiger partial charge in [-0.1, -0.05) is 21.1 Å². The highest BCUT2D eigenvalue weighted by atomic mass is 32.6. The van der Waals surface area contributed by atoms with Crippen LogP contribution in [-0.4, -0.2) is 38.7 Å². The molecule has 94 valence electrons. The minimum Gasteiger partial charge on any atom is -0.337 e. The van der Waals surface area contributed by atoms with E-state index in [4.69, 9.17) is 0 Å². The Morgan fingerprint density at radius 1 is 1.59 bits per heavy atom. The van der Waals surface area contributed by atoms with E-state index in [2.05, 4.69) is 35.1 Å². The summed E-state index contributed by atoms with van der Waals surface area (Å²) in [7, 11) is 5.65. The smallest absolute Gasteiger partial charge is 0.274 e. The zero-order valence-electron chi connectivity index (χ0n) is 9.63. The summed E-state index contributed by atoms with van der Waals surface area (Å²) in [6.07, 6.45) is 1.82. The Hall–Kier alpha value is 0.330. The van der Waals surface area contributed by atoms with Gasteiger partial charge in [-0.25, -0.2) is 4.45 Å². The average molecular weight is 308 g/mol. The van der Waals surface area contributed by atoms with Gasteiger partial charge in [0.25, 0.3) is 5.91 Å². The third-order valence-corrected chi connectivity index (χ3v) is 12.0. The van der Waals surface area contributed by atoms with E-state index >= 15 is 0 Å². The van der Waals surface area contributed by atoms with Gasteiger partial charge in [0.15, 0.2) is 5.69 Å². The van der Waals surface area contributed by atoms with E-state index < -0.39 is 7.45 Å². The van der Waals surface area contributed by atoms with Gasteiger partial charge in [0, 0.05) is 19.5 Å². The molecule has 1 aliphatic heterocycles. The molecular weight excluding hydrogens is 292 g/mol. The van der Waals surface area contributed by atoms with Gasteiger partial charge >= 0.3 is 0 Å². The molecule has 5 nitrogen and oxygen atoms in total. The lowest BCUT2D eigenvalue weighted by atomic mass is 10.1. The van der Waals surface area contributed by atoms with Crippen LogP contribution in [0.25, 0.3) is 0 Å². The first kappa shape index (κ1) is 13.8. The summed E-state index contributed by atoms with van der Waals surface area (Å²) < 4.78 is 1.81. The maximum absolute atomic E-state index is 12.3. The minimum atomic E-state index is -0.503. The summed E-state index contributed by atoms with van der Waals surface area (Å²) in [6, 6.07) is 0. The SMILES string of the molecule is CCCN1CCc2nnn(P(P)PP)c2C1=O. The molecule has 0 saturated carbocycles. The highest BCUT2D eigenvalue weighted by molar-refractivity contribution is 8.60. The fourth-order valence-electron chi connectivity index (χ4n) is 1.86. The molecule has 17 heavy (non-hydrogen) atoms. The first-order valence-corrected chi connectivity index (χ1v) is 12.0. The van der Waals surface area contributed by atoms with Crippen molar-refractivity contribution in [1.29, 1.82) is 0 Å². The molecule has 1 aliphatic rings. The number of hydrogen-bond donors (Lipinski definition) is 0. The second-order valence-corrected chi connectivity index (χ2v) is 12.6. The first-order chi connectivity index (χ1) is 8.19. The number of amides is 1. The van der Waals surface area contributed by atoms with Crippen molar-refractivity contribution in [2.75, 3.05) is 13.1 Å². The summed E-state index contributed by atoms with van der Waals surface area (Å²) in [5.41, 5.74) is 1.57. The lowest BCUT2D eigenvalue weighted by molar-refractivity contribution is 0.0731. The molecule has 1 aromatic heterocycles. The van der Waals surface area contributed by atoms with Crippen molar-refractivity contribution in [3.8, 4) is 0 Å². The van der Waals surface area contributed by atoms with E-state index in [0.717, 1.165) is 31.6 Å². The summed E-state index contributed by atoms with van der Waals surface area (Å²) in [6.45, 7) is 3.68. The Kier molecular flexibility index (Phi) is 4.84. The van der Waals surface area contributed by atoms with Crippen molar-refractivity contribution in [3.05, 3.63) is 11.4 Å². The Balaban J connectivity index is 2.32. The lowest BCUT2D eigenvalue weighted by Crippen LogP contribution is -2.38. The summed E-state index contributed by atoms with van der Waals surface area (Å²) in [4.78, 5) is 14.2. The standard InChI is InChI=1S/C8H16N4OP4/c1-2-4-11-5-3-6-7(8(11)13)12(10-9-6)17(15)16-14/h16H,2-5,14-15H2,1H3. The molecule has 0 radical (unpaired) electrons. The van der Waals surface area contributed by atoms with Crippen LogP contribution in [0.5, 0.6) is 0 Å². The highest BCUT2D eigenvalue weighted by Crippen LogP contribution is 2.66. The van der Waals surface area contributed by atoms with Gasteiger partial charge in [0.1, 0.15) is 0 Å². The van der Waals surface area contributed by atoms with E-state index in [1.807, 2.05) is 9.35 Å². The predicted molar refractivity (Wildman–Crippen MR) is 80.0 cm³/mol. The van der Waals surface area contributed by atoms with Gasteiger partial charge in [-0.15, -0.1) is 14.0 Å². The van der Waals surface area contributed by atoms with Gasteiger partial charge in [-0.2, -0.15) is 0 Å². The first-order valence-electron chi connectivity index (χ1n) is 5.44. The second-order valence-electron chi connectivity index (χ2n) is 3.79. The van der Waals surface area contributed by atoms with Crippen molar-refractivity contribution < 1.29 is 4.79 Å². The van der Waals surface area contributed by atoms with Crippen LogP contribution in [0.3, 0.4) is 0 Å². The van der Waals surface area contributed by atoms with E-state index in [-0.39, 0.29) is 5.91 Å². The molecule has 0 saturated heterocycles. The third kappa shape index (κ3) is 2.69. The molecule has 9 heteroatoms. The number of rotatable bonds is 4.